The van der Waals surface area contributed by atoms with Gasteiger partial charge in [-0.2, -0.15) is 0 Å². The zero-order valence-corrected chi connectivity index (χ0v) is 11.2. The summed E-state index contributed by atoms with van der Waals surface area (Å²) in [6, 6.07) is 0. The molecule has 3 unspecified atom stereocenters. The van der Waals surface area contributed by atoms with E-state index >= 15 is 0 Å². The van der Waals surface area contributed by atoms with Gasteiger partial charge in [-0.15, -0.1) is 0 Å². The molecule has 0 radical (unpaired) electrons. The minimum Gasteiger partial charge on any atom is -0.344 e. The Hall–Kier alpha value is -0.0400. The van der Waals surface area contributed by atoms with E-state index in [2.05, 4.69) is 13.8 Å². The highest BCUT2D eigenvalue weighted by Gasteiger charge is 2.55. The van der Waals surface area contributed by atoms with E-state index < -0.39 is 0 Å². The van der Waals surface area contributed by atoms with Crippen LogP contribution in [0.3, 0.4) is 0 Å². The highest BCUT2D eigenvalue weighted by molar-refractivity contribution is 5.05. The fourth-order valence-electron chi connectivity index (χ4n) is 5.72. The van der Waals surface area contributed by atoms with Crippen LogP contribution in [0.2, 0.25) is 0 Å². The summed E-state index contributed by atoms with van der Waals surface area (Å²) >= 11 is 0. The van der Waals surface area contributed by atoms with Crippen LogP contribution in [0.15, 0.2) is 0 Å². The molecule has 3 atom stereocenters. The molecule has 4 rings (SSSR count). The Balaban J connectivity index is 0.000000963. The van der Waals surface area contributed by atoms with Crippen LogP contribution < -0.4 is 6.15 Å². The van der Waals surface area contributed by atoms with Crippen molar-refractivity contribution in [2.24, 2.45) is 29.1 Å². The van der Waals surface area contributed by atoms with Gasteiger partial charge in [-0.05, 0) is 67.6 Å². The van der Waals surface area contributed by atoms with Gasteiger partial charge >= 0.3 is 0 Å². The molecule has 94 valence electrons. The van der Waals surface area contributed by atoms with Gasteiger partial charge in [0.2, 0.25) is 0 Å². The molecule has 0 saturated heterocycles. The highest BCUT2D eigenvalue weighted by atomic mass is 14.6. The smallest absolute Gasteiger partial charge is 0.0264 e. The summed E-state index contributed by atoms with van der Waals surface area (Å²) in [6.45, 7) is 4.85. The Morgan fingerprint density at radius 1 is 1.00 bits per heavy atom. The van der Waals surface area contributed by atoms with Crippen molar-refractivity contribution in [2.75, 3.05) is 0 Å². The molecule has 16 heavy (non-hydrogen) atoms. The zero-order chi connectivity index (χ0) is 10.5. The molecular weight excluding hydrogens is 194 g/mol. The van der Waals surface area contributed by atoms with Crippen LogP contribution in [0.5, 0.6) is 0 Å². The Morgan fingerprint density at radius 3 is 2.12 bits per heavy atom. The lowest BCUT2D eigenvalue weighted by molar-refractivity contribution is -0.114. The third kappa shape index (κ3) is 1.63. The predicted molar refractivity (Wildman–Crippen MR) is 69.7 cm³/mol. The van der Waals surface area contributed by atoms with E-state index in [9.17, 15) is 0 Å². The zero-order valence-electron chi connectivity index (χ0n) is 11.2. The number of rotatable bonds is 3. The second kappa shape index (κ2) is 4.33. The molecule has 0 aliphatic heterocycles. The first kappa shape index (κ1) is 12.4. The first-order chi connectivity index (χ1) is 7.27. The van der Waals surface area contributed by atoms with Crippen LogP contribution in [-0.2, 0) is 0 Å². The summed E-state index contributed by atoms with van der Waals surface area (Å²) in [5, 5.41) is 0. The number of hydrogen-bond acceptors (Lipinski definition) is 1. The van der Waals surface area contributed by atoms with E-state index in [0.717, 1.165) is 29.1 Å². The first-order valence-corrected chi connectivity index (χ1v) is 7.27. The normalized spacial score (nSPS) is 49.1. The van der Waals surface area contributed by atoms with Crippen LogP contribution in [-0.4, -0.2) is 0 Å². The molecule has 4 bridgehead atoms. The lowest BCUT2D eigenvalue weighted by atomic mass is 9.44. The van der Waals surface area contributed by atoms with Crippen LogP contribution in [0.25, 0.3) is 0 Å². The summed E-state index contributed by atoms with van der Waals surface area (Å²) < 4.78 is 0. The lowest BCUT2D eigenvalue weighted by Crippen LogP contribution is -2.52. The van der Waals surface area contributed by atoms with Crippen molar-refractivity contribution in [3.05, 3.63) is 0 Å². The number of hydrogen-bond donors (Lipinski definition) is 1. The maximum Gasteiger partial charge on any atom is -0.0264 e. The molecule has 1 nitrogen and oxygen atoms in total. The molecule has 3 N–H and O–H groups in total. The Labute approximate surface area is 101 Å². The molecule has 4 aliphatic carbocycles. The summed E-state index contributed by atoms with van der Waals surface area (Å²) in [6.07, 6.45) is 12.4. The molecule has 0 aromatic heterocycles. The van der Waals surface area contributed by atoms with Crippen molar-refractivity contribution in [3.63, 3.8) is 0 Å². The van der Waals surface area contributed by atoms with Crippen molar-refractivity contribution < 1.29 is 0 Å². The Bertz CT molecular complexity index is 234. The predicted octanol–water partition coefficient (Wildman–Crippen LogP) is 4.80. The van der Waals surface area contributed by atoms with Crippen molar-refractivity contribution >= 4 is 0 Å². The quantitative estimate of drug-likeness (QED) is 0.732. The average molecular weight is 223 g/mol. The van der Waals surface area contributed by atoms with Crippen LogP contribution >= 0.6 is 0 Å². The van der Waals surface area contributed by atoms with E-state index in [4.69, 9.17) is 0 Å². The van der Waals surface area contributed by atoms with Gasteiger partial charge in [0.1, 0.15) is 0 Å². The van der Waals surface area contributed by atoms with Gasteiger partial charge < -0.3 is 6.15 Å². The molecule has 0 aromatic carbocycles. The van der Waals surface area contributed by atoms with Gasteiger partial charge in [-0.25, -0.2) is 0 Å². The van der Waals surface area contributed by atoms with Crippen molar-refractivity contribution in [1.29, 1.82) is 0 Å². The van der Waals surface area contributed by atoms with E-state index in [0.29, 0.717) is 0 Å². The molecule has 0 spiro atoms. The van der Waals surface area contributed by atoms with Crippen LogP contribution in [0, 0.1) is 29.1 Å². The summed E-state index contributed by atoms with van der Waals surface area (Å²) in [5.41, 5.74) is 0.810. The third-order valence-electron chi connectivity index (χ3n) is 5.99. The minimum absolute atomic E-state index is 0. The van der Waals surface area contributed by atoms with E-state index in [-0.39, 0.29) is 6.15 Å². The maximum absolute atomic E-state index is 2.47. The molecule has 0 aromatic rings. The van der Waals surface area contributed by atoms with E-state index in [1.165, 1.54) is 19.3 Å². The first-order valence-electron chi connectivity index (χ1n) is 7.27. The fraction of sp³-hybridized carbons (Fsp3) is 1.00. The molecular formula is C15H29N. The van der Waals surface area contributed by atoms with Crippen LogP contribution in [0.1, 0.15) is 65.2 Å². The molecule has 1 heteroatoms. The monoisotopic (exact) mass is 223 g/mol. The van der Waals surface area contributed by atoms with E-state index in [1.54, 1.807) is 32.1 Å². The van der Waals surface area contributed by atoms with Crippen molar-refractivity contribution in [2.45, 2.75) is 65.2 Å². The van der Waals surface area contributed by atoms with Crippen LogP contribution in [0.4, 0.5) is 0 Å². The van der Waals surface area contributed by atoms with Crippen molar-refractivity contribution in [3.8, 4) is 0 Å². The maximum atomic E-state index is 2.47. The lowest BCUT2D eigenvalue weighted by Gasteiger charge is -2.61. The highest BCUT2D eigenvalue weighted by Crippen LogP contribution is 2.65. The van der Waals surface area contributed by atoms with Gasteiger partial charge in [0, 0.05) is 0 Å². The van der Waals surface area contributed by atoms with E-state index in [1.807, 2.05) is 0 Å². The molecule has 0 amide bonds. The minimum atomic E-state index is 0. The topological polar surface area (TPSA) is 35.0 Å². The Morgan fingerprint density at radius 2 is 1.62 bits per heavy atom. The van der Waals surface area contributed by atoms with Gasteiger partial charge in [-0.3, -0.25) is 0 Å². The summed E-state index contributed by atoms with van der Waals surface area (Å²) in [7, 11) is 0. The van der Waals surface area contributed by atoms with Gasteiger partial charge in [-0.1, -0.05) is 26.7 Å². The molecule has 4 saturated carbocycles. The summed E-state index contributed by atoms with van der Waals surface area (Å²) in [5.74, 6) is 4.52. The largest absolute Gasteiger partial charge is 0.344 e. The van der Waals surface area contributed by atoms with Gasteiger partial charge in [0.05, 0.1) is 0 Å². The second-order valence-corrected chi connectivity index (χ2v) is 6.72. The molecule has 0 heterocycles. The summed E-state index contributed by atoms with van der Waals surface area (Å²) in [4.78, 5) is 0. The third-order valence-corrected chi connectivity index (χ3v) is 5.99. The van der Waals surface area contributed by atoms with Crippen molar-refractivity contribution in [1.82, 2.24) is 6.15 Å². The molecule has 4 fully saturated rings. The SMILES string of the molecule is CCCC1C2CC3CC(C2)CC1(CC)C3.N. The standard InChI is InChI=1S/C15H26.H3N/c1-3-5-14-13-7-11-6-12(8-13)10-15(14,4-2)9-11;/h11-14H,3-10H2,1-2H3;1H3. The second-order valence-electron chi connectivity index (χ2n) is 6.72. The van der Waals surface area contributed by atoms with Gasteiger partial charge in [0.15, 0.2) is 0 Å². The average Bonchev–Trinajstić information content (AvgIpc) is 2.22. The Kier molecular flexibility index (Phi) is 3.36. The molecule has 4 aliphatic rings. The van der Waals surface area contributed by atoms with Gasteiger partial charge in [0.25, 0.3) is 0 Å². The fourth-order valence-corrected chi connectivity index (χ4v) is 5.72.